The van der Waals surface area contributed by atoms with E-state index in [1.165, 1.54) is 6.42 Å². The Morgan fingerprint density at radius 2 is 2.54 bits per heavy atom. The average molecular weight is 242 g/mol. The summed E-state index contributed by atoms with van der Waals surface area (Å²) in [4.78, 5) is 0. The van der Waals surface area contributed by atoms with Gasteiger partial charge in [0.05, 0.1) is 11.9 Å². The molecular weight excluding hydrogens is 230 g/mol. The third-order valence-corrected chi connectivity index (χ3v) is 2.77. The number of hydrogen-bond acceptors (Lipinski definition) is 3. The van der Waals surface area contributed by atoms with E-state index >= 15 is 0 Å². The van der Waals surface area contributed by atoms with Gasteiger partial charge in [-0.2, -0.15) is 10.2 Å². The lowest BCUT2D eigenvalue weighted by molar-refractivity contribution is 0.567. The van der Waals surface area contributed by atoms with Crippen LogP contribution in [-0.2, 0) is 6.42 Å². The Balaban J connectivity index is 2.00. The van der Waals surface area contributed by atoms with Gasteiger partial charge < -0.3 is 5.32 Å². The van der Waals surface area contributed by atoms with Crippen molar-refractivity contribution in [3.8, 4) is 0 Å². The van der Waals surface area contributed by atoms with E-state index in [4.69, 9.17) is 0 Å². The van der Waals surface area contributed by atoms with E-state index in [2.05, 4.69) is 31.4 Å². The van der Waals surface area contributed by atoms with Gasteiger partial charge in [-0.25, -0.2) is 0 Å². The smallest absolute Gasteiger partial charge is 0.0645 e. The quantitative estimate of drug-likeness (QED) is 0.851. The first-order valence-corrected chi connectivity index (χ1v) is 5.32. The van der Waals surface area contributed by atoms with Crippen molar-refractivity contribution in [3.63, 3.8) is 0 Å². The van der Waals surface area contributed by atoms with E-state index in [1.54, 1.807) is 6.20 Å². The molecule has 1 aliphatic rings. The number of rotatable bonds is 2. The van der Waals surface area contributed by atoms with E-state index in [-0.39, 0.29) is 0 Å². The Hall–Kier alpha value is -0.480. The molecule has 1 atom stereocenters. The van der Waals surface area contributed by atoms with E-state index in [1.807, 2.05) is 6.07 Å². The van der Waals surface area contributed by atoms with Crippen molar-refractivity contribution in [2.75, 3.05) is 13.1 Å². The van der Waals surface area contributed by atoms with Crippen molar-refractivity contribution < 1.29 is 0 Å². The molecule has 0 aromatic carbocycles. The fourth-order valence-electron chi connectivity index (χ4n) is 1.67. The molecule has 1 aliphatic heterocycles. The third kappa shape index (κ3) is 2.48. The molecule has 1 aromatic rings. The maximum atomic E-state index is 4.10. The van der Waals surface area contributed by atoms with Crippen molar-refractivity contribution in [2.24, 2.45) is 5.92 Å². The van der Waals surface area contributed by atoms with E-state index in [0.717, 1.165) is 35.6 Å². The highest BCUT2D eigenvalue weighted by Crippen LogP contribution is 2.15. The molecule has 4 heteroatoms. The molecule has 0 radical (unpaired) electrons. The summed E-state index contributed by atoms with van der Waals surface area (Å²) in [7, 11) is 0. The van der Waals surface area contributed by atoms with Crippen LogP contribution in [0, 0.1) is 5.92 Å². The number of nitrogens with zero attached hydrogens (tertiary/aromatic N) is 2. The molecule has 0 spiro atoms. The second-order valence-electron chi connectivity index (χ2n) is 3.43. The monoisotopic (exact) mass is 241 g/mol. The van der Waals surface area contributed by atoms with Crippen LogP contribution < -0.4 is 5.32 Å². The zero-order valence-electron chi connectivity index (χ0n) is 7.33. The second kappa shape index (κ2) is 4.15. The molecule has 1 unspecified atom stereocenters. The second-order valence-corrected chi connectivity index (χ2v) is 4.34. The minimum atomic E-state index is 0.739. The normalized spacial score (nSPS) is 22.1. The van der Waals surface area contributed by atoms with Crippen molar-refractivity contribution in [1.29, 1.82) is 0 Å². The Morgan fingerprint density at radius 3 is 3.23 bits per heavy atom. The van der Waals surface area contributed by atoms with Gasteiger partial charge in [0.1, 0.15) is 0 Å². The van der Waals surface area contributed by atoms with E-state index in [9.17, 15) is 0 Å². The van der Waals surface area contributed by atoms with Crippen LogP contribution in [0.4, 0.5) is 0 Å². The summed E-state index contributed by atoms with van der Waals surface area (Å²) >= 11 is 3.39. The standard InChI is InChI=1S/C9H12BrN3/c10-8-4-9(13-12-6-8)3-7-1-2-11-5-7/h4,6-7,11H,1-3,5H2. The van der Waals surface area contributed by atoms with Crippen LogP contribution in [0.15, 0.2) is 16.7 Å². The molecule has 1 saturated heterocycles. The summed E-state index contributed by atoms with van der Waals surface area (Å²) in [5, 5.41) is 11.4. The highest BCUT2D eigenvalue weighted by Gasteiger charge is 2.15. The van der Waals surface area contributed by atoms with Gasteiger partial charge in [0.2, 0.25) is 0 Å². The average Bonchev–Trinajstić information content (AvgIpc) is 2.57. The van der Waals surface area contributed by atoms with Gasteiger partial charge in [0.15, 0.2) is 0 Å². The van der Waals surface area contributed by atoms with Crippen molar-refractivity contribution in [3.05, 3.63) is 22.4 Å². The Labute approximate surface area is 86.1 Å². The lowest BCUT2D eigenvalue weighted by Crippen LogP contribution is -2.11. The Kier molecular flexibility index (Phi) is 2.90. The lowest BCUT2D eigenvalue weighted by atomic mass is 10.0. The summed E-state index contributed by atoms with van der Waals surface area (Å²) in [5.74, 6) is 0.739. The van der Waals surface area contributed by atoms with Crippen LogP contribution in [0.25, 0.3) is 0 Å². The minimum absolute atomic E-state index is 0.739. The molecule has 1 fully saturated rings. The molecule has 0 saturated carbocycles. The lowest BCUT2D eigenvalue weighted by Gasteiger charge is -2.06. The van der Waals surface area contributed by atoms with Gasteiger partial charge in [-0.15, -0.1) is 0 Å². The van der Waals surface area contributed by atoms with Crippen LogP contribution in [0.2, 0.25) is 0 Å². The molecule has 1 N–H and O–H groups in total. The summed E-state index contributed by atoms with van der Waals surface area (Å²) in [5.41, 5.74) is 1.09. The van der Waals surface area contributed by atoms with Crippen LogP contribution in [-0.4, -0.2) is 23.3 Å². The number of hydrogen-bond donors (Lipinski definition) is 1. The third-order valence-electron chi connectivity index (χ3n) is 2.33. The van der Waals surface area contributed by atoms with Crippen molar-refractivity contribution in [1.82, 2.24) is 15.5 Å². The van der Waals surface area contributed by atoms with Crippen LogP contribution in [0.3, 0.4) is 0 Å². The van der Waals surface area contributed by atoms with Crippen LogP contribution in [0.1, 0.15) is 12.1 Å². The predicted molar refractivity (Wildman–Crippen MR) is 54.4 cm³/mol. The summed E-state index contributed by atoms with van der Waals surface area (Å²) in [6.07, 6.45) is 4.02. The van der Waals surface area contributed by atoms with Crippen molar-refractivity contribution >= 4 is 15.9 Å². The minimum Gasteiger partial charge on any atom is -0.316 e. The van der Waals surface area contributed by atoms with Crippen molar-refractivity contribution in [2.45, 2.75) is 12.8 Å². The molecule has 0 amide bonds. The number of halogens is 1. The molecule has 1 aromatic heterocycles. The number of nitrogens with one attached hydrogen (secondary N) is 1. The summed E-state index contributed by atoms with van der Waals surface area (Å²) in [6.45, 7) is 2.26. The largest absolute Gasteiger partial charge is 0.316 e. The fraction of sp³-hybridized carbons (Fsp3) is 0.556. The fourth-order valence-corrected chi connectivity index (χ4v) is 2.02. The molecule has 13 heavy (non-hydrogen) atoms. The molecular formula is C9H12BrN3. The molecule has 70 valence electrons. The SMILES string of the molecule is Brc1cnnc(CC2CCNC2)c1. The molecule has 3 nitrogen and oxygen atoms in total. The molecule has 0 bridgehead atoms. The highest BCUT2D eigenvalue weighted by molar-refractivity contribution is 9.10. The number of aromatic nitrogens is 2. The van der Waals surface area contributed by atoms with Gasteiger partial charge >= 0.3 is 0 Å². The highest BCUT2D eigenvalue weighted by atomic mass is 79.9. The van der Waals surface area contributed by atoms with Gasteiger partial charge in [-0.05, 0) is 53.8 Å². The summed E-state index contributed by atoms with van der Waals surface area (Å²) < 4.78 is 1.02. The van der Waals surface area contributed by atoms with Gasteiger partial charge in [0, 0.05) is 4.47 Å². The first kappa shape index (κ1) is 9.09. The first-order chi connectivity index (χ1) is 6.34. The van der Waals surface area contributed by atoms with Gasteiger partial charge in [-0.3, -0.25) is 0 Å². The van der Waals surface area contributed by atoms with Crippen LogP contribution in [0.5, 0.6) is 0 Å². The Bertz CT molecular complexity index is 284. The van der Waals surface area contributed by atoms with Gasteiger partial charge in [-0.1, -0.05) is 0 Å². The maximum Gasteiger partial charge on any atom is 0.0645 e. The molecule has 2 heterocycles. The molecule has 2 rings (SSSR count). The molecule has 0 aliphatic carbocycles. The Morgan fingerprint density at radius 1 is 1.62 bits per heavy atom. The topological polar surface area (TPSA) is 37.8 Å². The van der Waals surface area contributed by atoms with E-state index < -0.39 is 0 Å². The zero-order valence-corrected chi connectivity index (χ0v) is 8.92. The van der Waals surface area contributed by atoms with E-state index in [0.29, 0.717) is 0 Å². The summed E-state index contributed by atoms with van der Waals surface area (Å²) in [6, 6.07) is 2.05. The van der Waals surface area contributed by atoms with Gasteiger partial charge in [0.25, 0.3) is 0 Å². The maximum absolute atomic E-state index is 4.10. The predicted octanol–water partition coefficient (Wildman–Crippen LogP) is 1.39. The zero-order chi connectivity index (χ0) is 9.10. The van der Waals surface area contributed by atoms with Crippen LogP contribution >= 0.6 is 15.9 Å². The first-order valence-electron chi connectivity index (χ1n) is 4.52.